The van der Waals surface area contributed by atoms with Crippen molar-refractivity contribution in [3.63, 3.8) is 0 Å². The van der Waals surface area contributed by atoms with E-state index in [1.807, 2.05) is 24.3 Å². The highest BCUT2D eigenvalue weighted by molar-refractivity contribution is 6.00. The Morgan fingerprint density at radius 3 is 2.96 bits per heavy atom. The van der Waals surface area contributed by atoms with Gasteiger partial charge in [0.2, 0.25) is 0 Å². The Morgan fingerprint density at radius 2 is 2.12 bits per heavy atom. The van der Waals surface area contributed by atoms with E-state index >= 15 is 0 Å². The molecular formula is C18H14N4O2. The Labute approximate surface area is 136 Å². The molecule has 0 aliphatic carbocycles. The van der Waals surface area contributed by atoms with Gasteiger partial charge in [-0.25, -0.2) is 0 Å². The van der Waals surface area contributed by atoms with Crippen LogP contribution in [-0.4, -0.2) is 23.0 Å². The molecular weight excluding hydrogens is 304 g/mol. The van der Waals surface area contributed by atoms with Crippen LogP contribution in [0.2, 0.25) is 0 Å². The van der Waals surface area contributed by atoms with Crippen LogP contribution in [0.4, 0.5) is 5.69 Å². The zero-order valence-corrected chi connectivity index (χ0v) is 12.9. The standard InChI is InChI=1S/C18H14N4O2/c1-19-17(23)11-4-5-15-13(8-11)14(18(24)21-15)6-10-2-3-12-9-20-22-16(12)7-10/h2-9,21,24H,1H3,(H,19,23)/b10-6+. The summed E-state index contributed by atoms with van der Waals surface area (Å²) in [5, 5.41) is 23.4. The Morgan fingerprint density at radius 1 is 1.25 bits per heavy atom. The van der Waals surface area contributed by atoms with Crippen LogP contribution >= 0.6 is 0 Å². The number of aromatic hydroxyl groups is 1. The molecule has 0 bridgehead atoms. The molecule has 3 N–H and O–H groups in total. The lowest BCUT2D eigenvalue weighted by atomic mass is 10.1. The average Bonchev–Trinajstić information content (AvgIpc) is 3.18. The van der Waals surface area contributed by atoms with Gasteiger partial charge < -0.3 is 15.4 Å². The summed E-state index contributed by atoms with van der Waals surface area (Å²) in [5.41, 5.74) is 2.74. The molecule has 0 fully saturated rings. The van der Waals surface area contributed by atoms with Gasteiger partial charge >= 0.3 is 0 Å². The SMILES string of the molecule is CNC(=O)c1ccc2[nH]c(O)c(/C=c3\ccc4c(c3)N=NC=4)c2c1. The van der Waals surface area contributed by atoms with Crippen LogP contribution in [0.5, 0.6) is 5.88 Å². The lowest BCUT2D eigenvalue weighted by molar-refractivity contribution is 0.0963. The second-order valence-electron chi connectivity index (χ2n) is 5.53. The van der Waals surface area contributed by atoms with Gasteiger partial charge in [-0.05, 0) is 35.6 Å². The molecule has 4 rings (SSSR count). The number of fused-ring (bicyclic) bond motifs is 2. The third kappa shape index (κ3) is 2.25. The predicted octanol–water partition coefficient (Wildman–Crippen LogP) is 1.90. The number of carbonyl (C=O) groups excluding carboxylic acids is 1. The molecule has 2 heterocycles. The molecule has 1 amide bonds. The fourth-order valence-corrected chi connectivity index (χ4v) is 2.80. The van der Waals surface area contributed by atoms with Crippen molar-refractivity contribution < 1.29 is 9.90 Å². The number of nitrogens with one attached hydrogen (secondary N) is 2. The summed E-state index contributed by atoms with van der Waals surface area (Å²) in [6.45, 7) is 0. The zero-order valence-electron chi connectivity index (χ0n) is 12.9. The van der Waals surface area contributed by atoms with Crippen LogP contribution in [-0.2, 0) is 0 Å². The maximum absolute atomic E-state index is 11.8. The van der Waals surface area contributed by atoms with E-state index in [4.69, 9.17) is 0 Å². The second kappa shape index (κ2) is 5.34. The van der Waals surface area contributed by atoms with E-state index in [0.717, 1.165) is 27.0 Å². The summed E-state index contributed by atoms with van der Waals surface area (Å²) in [4.78, 5) is 14.8. The van der Waals surface area contributed by atoms with Gasteiger partial charge in [-0.2, -0.15) is 10.2 Å². The summed E-state index contributed by atoms with van der Waals surface area (Å²) in [6, 6.07) is 11.0. The Balaban J connectivity index is 1.91. The van der Waals surface area contributed by atoms with Crippen LogP contribution in [0.3, 0.4) is 0 Å². The molecule has 6 nitrogen and oxygen atoms in total. The average molecular weight is 318 g/mol. The van der Waals surface area contributed by atoms with Crippen LogP contribution in [0.15, 0.2) is 46.6 Å². The summed E-state index contributed by atoms with van der Waals surface area (Å²) >= 11 is 0. The van der Waals surface area contributed by atoms with Crippen LogP contribution in [0.1, 0.15) is 15.9 Å². The number of amides is 1. The monoisotopic (exact) mass is 318 g/mol. The molecule has 1 aliphatic heterocycles. The molecule has 0 atom stereocenters. The molecule has 1 aliphatic rings. The number of aromatic amines is 1. The largest absolute Gasteiger partial charge is 0.494 e. The predicted molar refractivity (Wildman–Crippen MR) is 91.6 cm³/mol. The number of nitrogens with zero attached hydrogens (tertiary/aromatic N) is 2. The van der Waals surface area contributed by atoms with E-state index in [9.17, 15) is 9.90 Å². The normalized spacial score (nSPS) is 13.1. The number of rotatable bonds is 2. The van der Waals surface area contributed by atoms with Gasteiger partial charge in [0.25, 0.3) is 5.91 Å². The lowest BCUT2D eigenvalue weighted by Gasteiger charge is -2.00. The molecule has 0 saturated carbocycles. The molecule has 118 valence electrons. The molecule has 6 heteroatoms. The van der Waals surface area contributed by atoms with Gasteiger partial charge in [0.15, 0.2) is 5.88 Å². The summed E-state index contributed by atoms with van der Waals surface area (Å²) in [5.74, 6) is -0.107. The van der Waals surface area contributed by atoms with Crippen molar-refractivity contribution in [3.8, 4) is 5.88 Å². The highest BCUT2D eigenvalue weighted by Crippen LogP contribution is 2.28. The number of hydrogen-bond donors (Lipinski definition) is 3. The topological polar surface area (TPSA) is 89.8 Å². The maximum Gasteiger partial charge on any atom is 0.251 e. The van der Waals surface area contributed by atoms with Gasteiger partial charge in [0.05, 0.1) is 11.9 Å². The van der Waals surface area contributed by atoms with Crippen LogP contribution in [0, 0.1) is 0 Å². The number of H-pyrrole nitrogens is 1. The van der Waals surface area contributed by atoms with Crippen LogP contribution in [0.25, 0.3) is 23.2 Å². The van der Waals surface area contributed by atoms with Gasteiger partial charge in [0.1, 0.15) is 0 Å². The fraction of sp³-hybridized carbons (Fsp3) is 0.0556. The number of aromatic nitrogens is 1. The van der Waals surface area contributed by atoms with Gasteiger partial charge in [-0.15, -0.1) is 0 Å². The lowest BCUT2D eigenvalue weighted by Crippen LogP contribution is -2.17. The third-order valence-electron chi connectivity index (χ3n) is 4.03. The Kier molecular flexibility index (Phi) is 3.16. The van der Waals surface area contributed by atoms with E-state index in [-0.39, 0.29) is 11.8 Å². The first-order valence-electron chi connectivity index (χ1n) is 7.45. The van der Waals surface area contributed by atoms with Crippen molar-refractivity contribution >= 4 is 34.8 Å². The van der Waals surface area contributed by atoms with Crippen molar-refractivity contribution in [1.82, 2.24) is 10.3 Å². The van der Waals surface area contributed by atoms with Gasteiger partial charge in [0, 0.05) is 34.3 Å². The highest BCUT2D eigenvalue weighted by atomic mass is 16.3. The molecule has 1 aromatic heterocycles. The quantitative estimate of drug-likeness (QED) is 0.673. The smallest absolute Gasteiger partial charge is 0.251 e. The van der Waals surface area contributed by atoms with Crippen molar-refractivity contribution in [1.29, 1.82) is 0 Å². The fourth-order valence-electron chi connectivity index (χ4n) is 2.80. The maximum atomic E-state index is 11.8. The van der Waals surface area contributed by atoms with Crippen LogP contribution < -0.4 is 15.8 Å². The number of benzene rings is 2. The summed E-state index contributed by atoms with van der Waals surface area (Å²) < 4.78 is 0. The van der Waals surface area contributed by atoms with Crippen molar-refractivity contribution in [2.24, 2.45) is 10.2 Å². The summed E-state index contributed by atoms with van der Waals surface area (Å²) in [6.07, 6.45) is 3.56. The van der Waals surface area contributed by atoms with Crippen molar-refractivity contribution in [3.05, 3.63) is 58.0 Å². The first-order chi connectivity index (χ1) is 11.7. The highest BCUT2D eigenvalue weighted by Gasteiger charge is 2.11. The van der Waals surface area contributed by atoms with Gasteiger partial charge in [-0.3, -0.25) is 4.79 Å². The number of azo groups is 1. The molecule has 0 spiro atoms. The van der Waals surface area contributed by atoms with Crippen molar-refractivity contribution in [2.75, 3.05) is 7.05 Å². The minimum Gasteiger partial charge on any atom is -0.494 e. The zero-order chi connectivity index (χ0) is 16.7. The van der Waals surface area contributed by atoms with E-state index in [1.54, 1.807) is 31.4 Å². The molecule has 0 radical (unpaired) electrons. The molecule has 24 heavy (non-hydrogen) atoms. The number of carbonyl (C=O) groups is 1. The van der Waals surface area contributed by atoms with E-state index < -0.39 is 0 Å². The molecule has 0 saturated heterocycles. The molecule has 0 unspecified atom stereocenters. The number of hydrogen-bond acceptors (Lipinski definition) is 4. The van der Waals surface area contributed by atoms with E-state index in [0.29, 0.717) is 11.1 Å². The first-order valence-corrected chi connectivity index (χ1v) is 7.45. The Hall–Kier alpha value is -3.41. The van der Waals surface area contributed by atoms with E-state index in [1.165, 1.54) is 0 Å². The summed E-state index contributed by atoms with van der Waals surface area (Å²) in [7, 11) is 1.59. The van der Waals surface area contributed by atoms with Gasteiger partial charge in [-0.1, -0.05) is 12.1 Å². The molecule has 2 aromatic carbocycles. The molecule has 3 aromatic rings. The second-order valence-corrected chi connectivity index (χ2v) is 5.53. The first kappa shape index (κ1) is 14.2. The van der Waals surface area contributed by atoms with E-state index in [2.05, 4.69) is 20.5 Å². The minimum atomic E-state index is -0.169. The third-order valence-corrected chi connectivity index (χ3v) is 4.03. The Bertz CT molecular complexity index is 1130. The van der Waals surface area contributed by atoms with Crippen molar-refractivity contribution in [2.45, 2.75) is 0 Å². The minimum absolute atomic E-state index is 0.0627.